The van der Waals surface area contributed by atoms with E-state index in [0.717, 1.165) is 18.5 Å². The topological polar surface area (TPSA) is 9.23 Å². The molecular weight excluding hydrogens is 296 g/mol. The van der Waals surface area contributed by atoms with Crippen LogP contribution < -0.4 is 0 Å². The third-order valence-electron chi connectivity index (χ3n) is 3.33. The molecule has 0 aromatic heterocycles. The minimum Gasteiger partial charge on any atom is -0.381 e. The molecule has 3 heteroatoms. The van der Waals surface area contributed by atoms with Gasteiger partial charge in [-0.1, -0.05) is 34.1 Å². The Morgan fingerprint density at radius 2 is 2.12 bits per heavy atom. The van der Waals surface area contributed by atoms with E-state index in [2.05, 4.69) is 46.3 Å². The Labute approximate surface area is 116 Å². The number of benzene rings is 1. The van der Waals surface area contributed by atoms with Crippen molar-refractivity contribution in [2.45, 2.75) is 24.2 Å². The molecule has 1 aromatic carbocycles. The highest BCUT2D eigenvalue weighted by molar-refractivity contribution is 9.09. The van der Waals surface area contributed by atoms with Crippen molar-refractivity contribution in [3.05, 3.63) is 30.3 Å². The molecule has 1 aromatic rings. The van der Waals surface area contributed by atoms with Crippen LogP contribution in [0, 0.1) is 5.41 Å². The van der Waals surface area contributed by atoms with Gasteiger partial charge in [0.25, 0.3) is 0 Å². The van der Waals surface area contributed by atoms with Crippen LogP contribution in [-0.2, 0) is 4.74 Å². The average molecular weight is 315 g/mol. The van der Waals surface area contributed by atoms with Gasteiger partial charge in [-0.05, 0) is 37.1 Å². The Kier molecular flexibility index (Phi) is 5.39. The molecule has 1 aliphatic rings. The highest BCUT2D eigenvalue weighted by Crippen LogP contribution is 2.36. The van der Waals surface area contributed by atoms with Crippen LogP contribution >= 0.6 is 27.7 Å². The first-order valence-electron chi connectivity index (χ1n) is 6.16. The maximum Gasteiger partial charge on any atom is 0.0530 e. The lowest BCUT2D eigenvalue weighted by atomic mass is 9.82. The molecule has 1 unspecified atom stereocenters. The van der Waals surface area contributed by atoms with Crippen molar-refractivity contribution in [3.8, 4) is 0 Å². The standard InChI is InChI=1S/C14H19BrOS/c15-11-14(7-4-9-16-12-14)8-10-17-13-5-2-1-3-6-13/h1-3,5-6H,4,7-12H2. The largest absolute Gasteiger partial charge is 0.381 e. The Bertz CT molecular complexity index is 322. The minimum absolute atomic E-state index is 0.375. The summed E-state index contributed by atoms with van der Waals surface area (Å²) in [6.07, 6.45) is 3.74. The van der Waals surface area contributed by atoms with E-state index in [1.54, 1.807) is 0 Å². The van der Waals surface area contributed by atoms with Crippen LogP contribution in [0.4, 0.5) is 0 Å². The second-order valence-electron chi connectivity index (χ2n) is 4.70. The van der Waals surface area contributed by atoms with Crippen LogP contribution in [0.3, 0.4) is 0 Å². The molecule has 94 valence electrons. The molecule has 2 rings (SSSR count). The zero-order valence-electron chi connectivity index (χ0n) is 10.0. The van der Waals surface area contributed by atoms with Gasteiger partial charge in [0, 0.05) is 22.2 Å². The van der Waals surface area contributed by atoms with E-state index >= 15 is 0 Å². The van der Waals surface area contributed by atoms with E-state index in [1.165, 1.54) is 29.9 Å². The first-order valence-corrected chi connectivity index (χ1v) is 8.27. The summed E-state index contributed by atoms with van der Waals surface area (Å²) in [5, 5.41) is 1.06. The molecule has 0 N–H and O–H groups in total. The fraction of sp³-hybridized carbons (Fsp3) is 0.571. The summed E-state index contributed by atoms with van der Waals surface area (Å²) < 4.78 is 5.64. The Hall–Kier alpha value is 0.01000. The van der Waals surface area contributed by atoms with Crippen molar-refractivity contribution in [1.29, 1.82) is 0 Å². The van der Waals surface area contributed by atoms with Crippen molar-refractivity contribution >= 4 is 27.7 Å². The lowest BCUT2D eigenvalue weighted by molar-refractivity contribution is 0.00464. The molecule has 0 saturated carbocycles. The minimum atomic E-state index is 0.375. The Balaban J connectivity index is 1.80. The first kappa shape index (κ1) is 13.4. The van der Waals surface area contributed by atoms with Crippen LogP contribution in [-0.4, -0.2) is 24.3 Å². The zero-order chi connectivity index (χ0) is 12.0. The number of alkyl halides is 1. The summed E-state index contributed by atoms with van der Waals surface area (Å²) in [4.78, 5) is 1.37. The summed E-state index contributed by atoms with van der Waals surface area (Å²) in [7, 11) is 0. The van der Waals surface area contributed by atoms with E-state index in [0.29, 0.717) is 5.41 Å². The molecule has 1 atom stereocenters. The highest BCUT2D eigenvalue weighted by atomic mass is 79.9. The predicted octanol–water partition coefficient (Wildman–Crippen LogP) is 4.36. The fourth-order valence-electron chi connectivity index (χ4n) is 2.18. The van der Waals surface area contributed by atoms with Crippen LogP contribution in [0.25, 0.3) is 0 Å². The van der Waals surface area contributed by atoms with Crippen molar-refractivity contribution in [1.82, 2.24) is 0 Å². The van der Waals surface area contributed by atoms with Gasteiger partial charge in [-0.3, -0.25) is 0 Å². The lowest BCUT2D eigenvalue weighted by Crippen LogP contribution is -2.34. The van der Waals surface area contributed by atoms with Gasteiger partial charge in [0.05, 0.1) is 6.61 Å². The van der Waals surface area contributed by atoms with Gasteiger partial charge in [-0.15, -0.1) is 11.8 Å². The molecule has 1 aliphatic heterocycles. The molecular formula is C14H19BrOS. The number of hydrogen-bond donors (Lipinski definition) is 0. The number of thioether (sulfide) groups is 1. The number of halogens is 1. The summed E-state index contributed by atoms with van der Waals surface area (Å²) in [6.45, 7) is 1.87. The second-order valence-corrected chi connectivity index (χ2v) is 6.43. The molecule has 1 heterocycles. The first-order chi connectivity index (χ1) is 8.35. The maximum absolute atomic E-state index is 5.64. The van der Waals surface area contributed by atoms with Crippen LogP contribution in [0.5, 0.6) is 0 Å². The molecule has 1 fully saturated rings. The van der Waals surface area contributed by atoms with Crippen LogP contribution in [0.1, 0.15) is 19.3 Å². The molecule has 0 radical (unpaired) electrons. The van der Waals surface area contributed by atoms with Gasteiger partial charge in [0.1, 0.15) is 0 Å². The molecule has 17 heavy (non-hydrogen) atoms. The smallest absolute Gasteiger partial charge is 0.0530 e. The van der Waals surface area contributed by atoms with E-state index < -0.39 is 0 Å². The van der Waals surface area contributed by atoms with Crippen molar-refractivity contribution in [2.75, 3.05) is 24.3 Å². The maximum atomic E-state index is 5.64. The molecule has 1 saturated heterocycles. The number of rotatable bonds is 5. The predicted molar refractivity (Wildman–Crippen MR) is 78.1 cm³/mol. The third kappa shape index (κ3) is 4.01. The third-order valence-corrected chi connectivity index (χ3v) is 5.54. The average Bonchev–Trinajstić information content (AvgIpc) is 2.41. The lowest BCUT2D eigenvalue weighted by Gasteiger charge is -2.35. The van der Waals surface area contributed by atoms with Crippen LogP contribution in [0.2, 0.25) is 0 Å². The quantitative estimate of drug-likeness (QED) is 0.590. The van der Waals surface area contributed by atoms with Gasteiger partial charge < -0.3 is 4.74 Å². The Morgan fingerprint density at radius 3 is 2.76 bits per heavy atom. The van der Waals surface area contributed by atoms with Crippen molar-refractivity contribution in [2.24, 2.45) is 5.41 Å². The summed E-state index contributed by atoms with van der Waals surface area (Å²) in [5.74, 6) is 1.18. The fourth-order valence-corrected chi connectivity index (χ4v) is 4.02. The van der Waals surface area contributed by atoms with Gasteiger partial charge in [0.2, 0.25) is 0 Å². The van der Waals surface area contributed by atoms with Crippen LogP contribution in [0.15, 0.2) is 35.2 Å². The van der Waals surface area contributed by atoms with Gasteiger partial charge in [-0.2, -0.15) is 0 Å². The molecule has 0 spiro atoms. The molecule has 1 nitrogen and oxygen atoms in total. The van der Waals surface area contributed by atoms with Gasteiger partial charge in [-0.25, -0.2) is 0 Å². The summed E-state index contributed by atoms with van der Waals surface area (Å²) >= 11 is 5.62. The molecule has 0 amide bonds. The molecule has 0 bridgehead atoms. The normalized spacial score (nSPS) is 24.8. The van der Waals surface area contributed by atoms with Gasteiger partial charge in [0.15, 0.2) is 0 Å². The van der Waals surface area contributed by atoms with Crippen molar-refractivity contribution < 1.29 is 4.74 Å². The van der Waals surface area contributed by atoms with Crippen molar-refractivity contribution in [3.63, 3.8) is 0 Å². The summed E-state index contributed by atoms with van der Waals surface area (Å²) in [5.41, 5.74) is 0.375. The summed E-state index contributed by atoms with van der Waals surface area (Å²) in [6, 6.07) is 10.6. The monoisotopic (exact) mass is 314 g/mol. The molecule has 0 aliphatic carbocycles. The Morgan fingerprint density at radius 1 is 1.29 bits per heavy atom. The second kappa shape index (κ2) is 6.81. The SMILES string of the molecule is BrCC1(CCSc2ccccc2)CCCOC1. The number of hydrogen-bond acceptors (Lipinski definition) is 2. The number of ether oxygens (including phenoxy) is 1. The zero-order valence-corrected chi connectivity index (χ0v) is 12.4. The van der Waals surface area contributed by atoms with E-state index in [-0.39, 0.29) is 0 Å². The highest BCUT2D eigenvalue weighted by Gasteiger charge is 2.31. The van der Waals surface area contributed by atoms with E-state index in [4.69, 9.17) is 4.74 Å². The van der Waals surface area contributed by atoms with E-state index in [9.17, 15) is 0 Å². The van der Waals surface area contributed by atoms with E-state index in [1.807, 2.05) is 11.8 Å². The van der Waals surface area contributed by atoms with Gasteiger partial charge >= 0.3 is 0 Å².